The first-order valence-electron chi connectivity index (χ1n) is 46.2. The van der Waals surface area contributed by atoms with Gasteiger partial charge in [-0.15, -0.1) is 23.2 Å². The zero-order chi connectivity index (χ0) is 85.5. The molecule has 3 aliphatic heterocycles. The normalized spacial score (nSPS) is 40.4. The second kappa shape index (κ2) is 36.5. The predicted molar refractivity (Wildman–Crippen MR) is 459 cm³/mol. The van der Waals surface area contributed by atoms with Crippen molar-refractivity contribution in [2.45, 2.75) is 287 Å². The molecule has 12 saturated carbocycles. The Bertz CT molecular complexity index is 4220. The number of carbonyl (C=O) groups is 3. The Morgan fingerprint density at radius 2 is 0.760 bits per heavy atom. The summed E-state index contributed by atoms with van der Waals surface area (Å²) in [6.07, 6.45) is 33.8. The van der Waals surface area contributed by atoms with Gasteiger partial charge < -0.3 is 73.3 Å². The number of fused-ring (bicyclic) bond motifs is 15. The van der Waals surface area contributed by atoms with Crippen molar-refractivity contribution in [2.75, 3.05) is 70.8 Å². The van der Waals surface area contributed by atoms with Crippen LogP contribution in [0.25, 0.3) is 0 Å². The van der Waals surface area contributed by atoms with Gasteiger partial charge in [0.2, 0.25) is 0 Å². The van der Waals surface area contributed by atoms with Gasteiger partial charge in [0.25, 0.3) is 5.69 Å². The molecule has 26 heteroatoms. The topological polar surface area (TPSA) is 325 Å². The highest BCUT2D eigenvalue weighted by Gasteiger charge is 2.71. The Labute approximate surface area is 722 Å². The Morgan fingerprint density at radius 1 is 0.430 bits per heavy atom. The molecule has 4 aromatic rings. The van der Waals surface area contributed by atoms with E-state index in [0.29, 0.717) is 47.3 Å². The minimum absolute atomic E-state index is 0.0163. The number of piperazine rings is 2. The molecule has 1 aromatic carbocycles. The quantitative estimate of drug-likeness (QED) is 0.0238. The average Bonchev–Trinajstić information content (AvgIpc) is 1.62. The van der Waals surface area contributed by atoms with E-state index in [1.54, 1.807) is 18.8 Å². The fourth-order valence-electron chi connectivity index (χ4n) is 29.0. The molecule has 0 spiro atoms. The number of benzene rings is 1. The van der Waals surface area contributed by atoms with Crippen LogP contribution in [0.1, 0.15) is 269 Å². The van der Waals surface area contributed by atoms with Crippen molar-refractivity contribution >= 4 is 47.2 Å². The summed E-state index contributed by atoms with van der Waals surface area (Å²) in [6.45, 7) is 22.9. The van der Waals surface area contributed by atoms with E-state index in [4.69, 9.17) is 55.4 Å². The number of nitrogens with zero attached hydrogens (tertiary/aromatic N) is 3. The molecular weight excluding hydrogens is 1580 g/mol. The van der Waals surface area contributed by atoms with Gasteiger partial charge in [-0.25, -0.2) is 28.8 Å². The summed E-state index contributed by atoms with van der Waals surface area (Å²) in [7, 11) is 0. The minimum atomic E-state index is -0.785. The first-order valence-corrected chi connectivity index (χ1v) is 47.2. The first kappa shape index (κ1) is 89.4. The Balaban J connectivity index is 0.000000134. The maximum absolute atomic E-state index is 12.7. The molecule has 121 heavy (non-hydrogen) atoms. The molecule has 24 atom stereocenters. The van der Waals surface area contributed by atoms with Crippen molar-refractivity contribution in [3.8, 4) is 5.75 Å². The number of hydrogen-bond donors (Lipinski definition) is 6. The number of hydrogen-bond acceptors (Lipinski definition) is 21. The summed E-state index contributed by atoms with van der Waals surface area (Å²) in [5, 5.41) is 58.1. The number of piperidine rings is 1. The molecule has 0 radical (unpaired) electrons. The molecule has 15 aliphatic rings. The molecular formula is C95H134Cl2N6O18. The van der Waals surface area contributed by atoms with Crippen LogP contribution in [0.5, 0.6) is 5.75 Å². The number of ether oxygens (including phenoxy) is 4. The molecule has 15 fully saturated rings. The van der Waals surface area contributed by atoms with E-state index in [1.807, 2.05) is 28.0 Å². The van der Waals surface area contributed by atoms with Crippen molar-refractivity contribution < 1.29 is 66.8 Å². The number of halogens is 2. The number of rotatable bonds is 8. The monoisotopic (exact) mass is 1720 g/mol. The van der Waals surface area contributed by atoms with Crippen molar-refractivity contribution in [2.24, 2.45) is 85.8 Å². The number of alkyl halides is 2. The summed E-state index contributed by atoms with van der Waals surface area (Å²) in [4.78, 5) is 86.6. The van der Waals surface area contributed by atoms with Gasteiger partial charge in [0.05, 0.1) is 45.9 Å². The average molecular weight is 1720 g/mol. The van der Waals surface area contributed by atoms with Gasteiger partial charge in [-0.05, 0) is 334 Å². The van der Waals surface area contributed by atoms with E-state index >= 15 is 0 Å². The molecule has 6 heterocycles. The first-order chi connectivity index (χ1) is 57.9. The number of nitro benzene ring substituents is 1. The molecule has 24 nitrogen and oxygen atoms in total. The van der Waals surface area contributed by atoms with Gasteiger partial charge in [0.15, 0.2) is 0 Å². The van der Waals surface area contributed by atoms with Gasteiger partial charge >= 0.3 is 35.2 Å². The van der Waals surface area contributed by atoms with Gasteiger partial charge in [0.1, 0.15) is 24.1 Å². The summed E-state index contributed by atoms with van der Waals surface area (Å²) in [6, 6.07) is 15.6. The van der Waals surface area contributed by atoms with E-state index in [9.17, 15) is 54.2 Å². The van der Waals surface area contributed by atoms with Crippen LogP contribution in [-0.2, 0) is 14.2 Å². The van der Waals surface area contributed by atoms with Crippen molar-refractivity contribution in [1.29, 1.82) is 0 Å². The molecule has 19 rings (SSSR count). The largest absolute Gasteiger partial charge is 0.514 e. The predicted octanol–water partition coefficient (Wildman–Crippen LogP) is 17.1. The lowest BCUT2D eigenvalue weighted by Gasteiger charge is -2.63. The lowest BCUT2D eigenvalue weighted by atomic mass is 9.43. The van der Waals surface area contributed by atoms with Gasteiger partial charge in [-0.3, -0.25) is 10.1 Å². The third-order valence-corrected chi connectivity index (χ3v) is 35.8. The number of nitro groups is 1. The molecule has 12 aliphatic carbocycles. The lowest BCUT2D eigenvalue weighted by molar-refractivity contribution is -0.384. The van der Waals surface area contributed by atoms with Crippen molar-refractivity contribution in [3.05, 3.63) is 138 Å². The smallest absolute Gasteiger partial charge is 0.446 e. The zero-order valence-corrected chi connectivity index (χ0v) is 73.7. The Hall–Kier alpha value is -6.38. The van der Waals surface area contributed by atoms with E-state index in [-0.39, 0.29) is 120 Å². The zero-order valence-electron chi connectivity index (χ0n) is 72.2. The van der Waals surface area contributed by atoms with Crippen LogP contribution in [0.3, 0.4) is 0 Å². The van der Waals surface area contributed by atoms with E-state index in [0.717, 1.165) is 242 Å². The number of aliphatic hydroxyl groups is 3. The fraction of sp³-hybridized carbons (Fsp3) is 0.747. The lowest BCUT2D eigenvalue weighted by Crippen LogP contribution is -2.62. The van der Waals surface area contributed by atoms with E-state index in [1.165, 1.54) is 74.8 Å². The Kier molecular flexibility index (Phi) is 27.0. The molecule has 3 aromatic heterocycles. The summed E-state index contributed by atoms with van der Waals surface area (Å²) in [5.74, 6) is 4.55. The van der Waals surface area contributed by atoms with E-state index in [2.05, 4.69) is 57.5 Å². The summed E-state index contributed by atoms with van der Waals surface area (Å²) in [5.41, 5.74) is -0.286. The summed E-state index contributed by atoms with van der Waals surface area (Å²) >= 11 is 9.53. The maximum Gasteiger partial charge on any atom is 0.514 e. The van der Waals surface area contributed by atoms with Crippen LogP contribution < -0.4 is 37.6 Å². The number of nitrogens with one attached hydrogen (secondary N) is 3. The molecule has 2 amide bonds. The second-order valence-corrected chi connectivity index (χ2v) is 41.4. The molecule has 0 unspecified atom stereocenters. The van der Waals surface area contributed by atoms with Crippen LogP contribution in [-0.4, -0.2) is 154 Å². The third-order valence-electron chi connectivity index (χ3n) is 35.8. The minimum Gasteiger partial charge on any atom is -0.446 e. The van der Waals surface area contributed by atoms with Crippen LogP contribution in [0.2, 0.25) is 0 Å². The van der Waals surface area contributed by atoms with Crippen molar-refractivity contribution in [1.82, 2.24) is 25.8 Å². The van der Waals surface area contributed by atoms with Crippen LogP contribution in [0.4, 0.5) is 20.1 Å². The molecule has 3 saturated heterocycles. The third kappa shape index (κ3) is 17.1. The van der Waals surface area contributed by atoms with Crippen LogP contribution in [0, 0.1) is 95.9 Å². The SMILES string of the molecule is C1CCNCC1.C[C@]12CC[C@H](OC(=O)N3CCNCC3)C[C@H]1CC[C@@H]1[C@@H]2CC[C@]2(C)[C@@H](c3ccc(=O)oc3)CC[C@]12O.C[C@]12CC[C@H](OC(=O)N3CCNCC3)C[C@H]1CC[C@@H]1[C@@H]2CC[C@]2(C)[C@@H](c3ccc(=O)oc3)CC[C@]12O.C[C@]12CC[C@H](OC(=O)Oc3ccc([N+](=O)[O-])cc3)C[C@H]1CC[C@@H]1[C@@H]2CC[C@]2(C)[C@@H](c3ccc(=O)oc3)CC[C@]12O.ClCCl. The molecule has 6 N–H and O–H groups in total. The molecule has 666 valence electrons. The second-order valence-electron chi connectivity index (χ2n) is 40.6. The summed E-state index contributed by atoms with van der Waals surface area (Å²) < 4.78 is 38.7. The van der Waals surface area contributed by atoms with Gasteiger partial charge in [-0.2, -0.15) is 0 Å². The highest BCUT2D eigenvalue weighted by molar-refractivity contribution is 6.40. The number of non-ortho nitro benzene ring substituents is 1. The number of carbonyl (C=O) groups excluding carboxylic acids is 3. The highest BCUT2D eigenvalue weighted by Crippen LogP contribution is 2.75. The number of amides is 2. The Morgan fingerprint density at radius 3 is 1.06 bits per heavy atom. The van der Waals surface area contributed by atoms with Crippen LogP contribution in [0.15, 0.2) is 107 Å². The highest BCUT2D eigenvalue weighted by atomic mass is 35.5. The standard InChI is InChI=1S/C31H37NO8.2C29H42N2O5.C5H11N.CH2Cl2/c1-29-14-11-23(40-28(34)39-22-7-5-21(6-8-22)32(36)37)17-20(29)4-9-26-25(29)12-15-30(2)24(13-16-31(26,30)35)19-3-10-27(33)38-18-19;2*1-27-10-7-21(36-26(33)31-15-13-30-14-16-31)17-20(27)4-5-24-23(27)8-11-28(2)22(9-12-29(24,28)34)19-3-6-25(32)35-18-19;1-2-4-6-5-3-1;2-1-3/h3,5-8,10,18,20,23-26,35H,4,9,11-17H2,1-2H3;2*3,6,18,20-24,30,34H,4-5,7-17H2,1-2H3;6H,1-5H2;1H2/t20-,23+,24-,25+,26-,29+,30-,31+;2*20-,21+,22-,23+,24-,27+,28-,29+;;/m111../s1. The van der Waals surface area contributed by atoms with Crippen LogP contribution >= 0.6 is 23.2 Å². The molecule has 0 bridgehead atoms. The fourth-order valence-corrected chi connectivity index (χ4v) is 29.0. The van der Waals surface area contributed by atoms with E-state index < -0.39 is 27.9 Å². The van der Waals surface area contributed by atoms with Gasteiger partial charge in [0, 0.05) is 98.9 Å². The van der Waals surface area contributed by atoms with Gasteiger partial charge in [-0.1, -0.05) is 48.0 Å². The van der Waals surface area contributed by atoms with Crippen molar-refractivity contribution in [3.63, 3.8) is 0 Å². The maximum atomic E-state index is 12.7.